The number of ether oxygens (including phenoxy) is 5. The molecular formula is C55H86O12. The van der Waals surface area contributed by atoms with Gasteiger partial charge in [-0.05, 0) is 77.0 Å². The Morgan fingerprint density at radius 2 is 0.985 bits per heavy atom. The molecule has 0 aromatic heterocycles. The van der Waals surface area contributed by atoms with E-state index in [1.807, 2.05) is 12.2 Å². The third-order valence-corrected chi connectivity index (χ3v) is 10.7. The topological polar surface area (TPSA) is 175 Å². The Hall–Kier alpha value is -4.36. The van der Waals surface area contributed by atoms with Gasteiger partial charge in [0, 0.05) is 12.8 Å². The molecule has 67 heavy (non-hydrogen) atoms. The third kappa shape index (κ3) is 33.7. The van der Waals surface area contributed by atoms with Gasteiger partial charge in [-0.1, -0.05) is 176 Å². The Labute approximate surface area is 403 Å². The van der Waals surface area contributed by atoms with Gasteiger partial charge in [-0.3, -0.25) is 14.4 Å². The molecule has 0 aliphatic carbocycles. The Kier molecular flexibility index (Phi) is 38.9. The van der Waals surface area contributed by atoms with Crippen LogP contribution < -0.4 is 0 Å². The van der Waals surface area contributed by atoms with Gasteiger partial charge >= 0.3 is 23.9 Å². The summed E-state index contributed by atoms with van der Waals surface area (Å²) in [6, 6.07) is 0. The lowest BCUT2D eigenvalue weighted by Crippen LogP contribution is -2.61. The highest BCUT2D eigenvalue weighted by Gasteiger charge is 2.50. The molecular weight excluding hydrogens is 853 g/mol. The fourth-order valence-electron chi connectivity index (χ4n) is 6.87. The first-order chi connectivity index (χ1) is 32.6. The van der Waals surface area contributed by atoms with Crippen LogP contribution in [0.4, 0.5) is 0 Å². The van der Waals surface area contributed by atoms with Crippen LogP contribution in [0.25, 0.3) is 0 Å². The van der Waals surface area contributed by atoms with Crippen LogP contribution in [0, 0.1) is 0 Å². The van der Waals surface area contributed by atoms with Crippen LogP contribution in [0.1, 0.15) is 175 Å². The highest BCUT2D eigenvalue weighted by Crippen LogP contribution is 2.26. The fraction of sp³-hybridized carbons (Fsp3) is 0.636. The lowest BCUT2D eigenvalue weighted by molar-refractivity contribution is -0.301. The number of aliphatic carboxylic acids is 1. The van der Waals surface area contributed by atoms with E-state index < -0.39 is 67.3 Å². The summed E-state index contributed by atoms with van der Waals surface area (Å²) in [4.78, 5) is 50.6. The summed E-state index contributed by atoms with van der Waals surface area (Å²) < 4.78 is 28.0. The van der Waals surface area contributed by atoms with Crippen molar-refractivity contribution in [3.63, 3.8) is 0 Å². The van der Waals surface area contributed by atoms with E-state index in [-0.39, 0.29) is 25.9 Å². The van der Waals surface area contributed by atoms with Crippen LogP contribution in [0.2, 0.25) is 0 Å². The van der Waals surface area contributed by atoms with Gasteiger partial charge < -0.3 is 39.0 Å². The second kappa shape index (κ2) is 43.0. The van der Waals surface area contributed by atoms with E-state index >= 15 is 0 Å². The monoisotopic (exact) mass is 939 g/mol. The summed E-state index contributed by atoms with van der Waals surface area (Å²) in [7, 11) is 0. The molecule has 378 valence electrons. The van der Waals surface area contributed by atoms with E-state index in [0.717, 1.165) is 83.5 Å². The van der Waals surface area contributed by atoms with E-state index in [1.54, 1.807) is 12.2 Å². The minimum Gasteiger partial charge on any atom is -0.479 e. The molecule has 0 aromatic rings. The predicted octanol–water partition coefficient (Wildman–Crippen LogP) is 11.8. The van der Waals surface area contributed by atoms with E-state index in [9.17, 15) is 34.5 Å². The molecule has 0 saturated carbocycles. The van der Waals surface area contributed by atoms with Crippen molar-refractivity contribution in [1.82, 2.24) is 0 Å². The minimum atomic E-state index is -1.94. The summed E-state index contributed by atoms with van der Waals surface area (Å²) in [5, 5.41) is 31.2. The number of aliphatic hydroxyl groups excluding tert-OH is 2. The van der Waals surface area contributed by atoms with Gasteiger partial charge in [0.1, 0.15) is 18.8 Å². The number of allylic oxidation sites excluding steroid dienone is 15. The Bertz CT molecular complexity index is 1540. The molecule has 6 atom stereocenters. The van der Waals surface area contributed by atoms with E-state index in [0.29, 0.717) is 19.3 Å². The van der Waals surface area contributed by atoms with E-state index in [2.05, 4.69) is 93.7 Å². The summed E-state index contributed by atoms with van der Waals surface area (Å²) in [6.07, 6.45) is 43.0. The third-order valence-electron chi connectivity index (χ3n) is 10.7. The quantitative estimate of drug-likeness (QED) is 0.0230. The summed E-state index contributed by atoms with van der Waals surface area (Å²) in [6.45, 7) is 5.62. The standard InChI is InChI=1S/C55H86O12/c1-4-7-10-13-16-19-21-23-24-26-28-31-34-37-40-43-49(58)66-53-51(60)50(59)52(54(61)62)67-55(53)64-45-46(65-48(57)42-39-36-33-29-18-15-12-9-6-3)44-63-47(56)41-38-35-32-30-27-25-22-20-17-14-11-8-5-2/h7-8,10-11,16-17,19-20,23-25,27-28,31,37,40,46,50-53,55,59-60H,4-6,9,12-15,18,21-22,26,29-30,32-36,38-39,41-45H2,1-3H3,(H,61,62)/b10-7-,11-8-,19-16-,20-17-,24-23-,27-25-,31-28-,40-37-. The molecule has 1 aliphatic rings. The van der Waals surface area contributed by atoms with Crippen molar-refractivity contribution < 1.29 is 58.2 Å². The van der Waals surface area contributed by atoms with Crippen molar-refractivity contribution >= 4 is 23.9 Å². The number of unbranched alkanes of at least 4 members (excludes halogenated alkanes) is 11. The van der Waals surface area contributed by atoms with Gasteiger partial charge in [0.15, 0.2) is 24.6 Å². The van der Waals surface area contributed by atoms with Crippen LogP contribution in [0.5, 0.6) is 0 Å². The Balaban J connectivity index is 2.81. The fourth-order valence-corrected chi connectivity index (χ4v) is 6.87. The van der Waals surface area contributed by atoms with Crippen molar-refractivity contribution in [2.75, 3.05) is 13.2 Å². The van der Waals surface area contributed by atoms with Crippen LogP contribution >= 0.6 is 0 Å². The zero-order valence-electron chi connectivity index (χ0n) is 41.1. The number of hydrogen-bond donors (Lipinski definition) is 3. The molecule has 0 bridgehead atoms. The SMILES string of the molecule is CC/C=C\C/C=C\C/C=C\C/C=C\C/C=C\CC(=O)OC1C(OCC(COC(=O)CCCCC/C=C\C/C=C\C/C=C\CC)OC(=O)CCCCCCCCCCC)OC(C(=O)O)C(O)C1O. The van der Waals surface area contributed by atoms with E-state index in [1.165, 1.54) is 32.1 Å². The molecule has 12 nitrogen and oxygen atoms in total. The van der Waals surface area contributed by atoms with Crippen molar-refractivity contribution in [3.05, 3.63) is 97.2 Å². The highest BCUT2D eigenvalue weighted by atomic mass is 16.7. The molecule has 6 unspecified atom stereocenters. The zero-order chi connectivity index (χ0) is 49.0. The van der Waals surface area contributed by atoms with Gasteiger partial charge in [0.25, 0.3) is 0 Å². The number of rotatable bonds is 40. The van der Waals surface area contributed by atoms with Gasteiger partial charge in [0.05, 0.1) is 13.0 Å². The second-order valence-electron chi connectivity index (χ2n) is 16.7. The summed E-state index contributed by atoms with van der Waals surface area (Å²) >= 11 is 0. The first kappa shape index (κ1) is 60.7. The van der Waals surface area contributed by atoms with Crippen molar-refractivity contribution in [2.45, 2.75) is 212 Å². The number of hydrogen-bond acceptors (Lipinski definition) is 11. The molecule has 0 spiro atoms. The lowest BCUT2D eigenvalue weighted by Gasteiger charge is -2.40. The molecule has 12 heteroatoms. The van der Waals surface area contributed by atoms with Crippen LogP contribution in [0.15, 0.2) is 97.2 Å². The van der Waals surface area contributed by atoms with Gasteiger partial charge in [-0.2, -0.15) is 0 Å². The number of carbonyl (C=O) groups excluding carboxylic acids is 3. The van der Waals surface area contributed by atoms with Crippen LogP contribution in [0.3, 0.4) is 0 Å². The minimum absolute atomic E-state index is 0.142. The molecule has 0 amide bonds. The first-order valence-electron chi connectivity index (χ1n) is 25.2. The second-order valence-corrected chi connectivity index (χ2v) is 16.7. The molecule has 0 radical (unpaired) electrons. The highest BCUT2D eigenvalue weighted by molar-refractivity contribution is 5.74. The number of esters is 3. The molecule has 0 aromatic carbocycles. The normalized spacial score (nSPS) is 19.7. The zero-order valence-corrected chi connectivity index (χ0v) is 41.1. The van der Waals surface area contributed by atoms with Gasteiger partial charge in [-0.25, -0.2) is 4.79 Å². The molecule has 1 aliphatic heterocycles. The molecule has 1 saturated heterocycles. The Morgan fingerprint density at radius 1 is 0.522 bits per heavy atom. The summed E-state index contributed by atoms with van der Waals surface area (Å²) in [5.74, 6) is -3.34. The van der Waals surface area contributed by atoms with Crippen LogP contribution in [-0.4, -0.2) is 89.2 Å². The smallest absolute Gasteiger partial charge is 0.335 e. The number of carboxylic acid groups (broad SMARTS) is 1. The van der Waals surface area contributed by atoms with Gasteiger partial charge in [-0.15, -0.1) is 0 Å². The maximum absolute atomic E-state index is 13.0. The first-order valence-corrected chi connectivity index (χ1v) is 25.2. The maximum Gasteiger partial charge on any atom is 0.335 e. The average Bonchev–Trinajstić information content (AvgIpc) is 3.31. The van der Waals surface area contributed by atoms with Crippen LogP contribution in [-0.2, 0) is 42.9 Å². The van der Waals surface area contributed by atoms with E-state index in [4.69, 9.17) is 23.7 Å². The predicted molar refractivity (Wildman–Crippen MR) is 266 cm³/mol. The molecule has 1 fully saturated rings. The van der Waals surface area contributed by atoms with Crippen molar-refractivity contribution in [3.8, 4) is 0 Å². The van der Waals surface area contributed by atoms with Crippen molar-refractivity contribution in [2.24, 2.45) is 0 Å². The number of aliphatic hydroxyl groups is 2. The lowest BCUT2D eigenvalue weighted by atomic mass is 9.98. The van der Waals surface area contributed by atoms with Gasteiger partial charge in [0.2, 0.25) is 0 Å². The number of carbonyl (C=O) groups is 4. The molecule has 3 N–H and O–H groups in total. The molecule has 1 heterocycles. The van der Waals surface area contributed by atoms with Crippen molar-refractivity contribution in [1.29, 1.82) is 0 Å². The number of carboxylic acids is 1. The molecule has 1 rings (SSSR count). The Morgan fingerprint density at radius 3 is 1.51 bits per heavy atom. The summed E-state index contributed by atoms with van der Waals surface area (Å²) in [5.41, 5.74) is 0. The average molecular weight is 939 g/mol. The maximum atomic E-state index is 13.0. The largest absolute Gasteiger partial charge is 0.479 e.